The van der Waals surface area contributed by atoms with Crippen LogP contribution in [0.5, 0.6) is 0 Å². The van der Waals surface area contributed by atoms with Crippen LogP contribution in [0.2, 0.25) is 0 Å². The second kappa shape index (κ2) is 6.68. The number of hydrogen-bond donors (Lipinski definition) is 1. The van der Waals surface area contributed by atoms with E-state index < -0.39 is 11.5 Å². The molecular weight excluding hydrogens is 335 g/mol. The monoisotopic (exact) mass is 356 g/mol. The van der Waals surface area contributed by atoms with Gasteiger partial charge in [-0.3, -0.25) is 0 Å². The van der Waals surface area contributed by atoms with Gasteiger partial charge in [0.1, 0.15) is 12.2 Å². The zero-order chi connectivity index (χ0) is 18.1. The minimum Gasteiger partial charge on any atom is -0.445 e. The van der Waals surface area contributed by atoms with Gasteiger partial charge in [-0.2, -0.15) is 4.39 Å². The molecule has 2 fully saturated rings. The van der Waals surface area contributed by atoms with Gasteiger partial charge in [0, 0.05) is 24.9 Å². The summed E-state index contributed by atoms with van der Waals surface area (Å²) in [5, 5.41) is 11.0. The first kappa shape index (κ1) is 17.0. The summed E-state index contributed by atoms with van der Waals surface area (Å²) in [4.78, 5) is 18.2. The summed E-state index contributed by atoms with van der Waals surface area (Å²) in [6.07, 6.45) is 1.96. The Kier molecular flexibility index (Phi) is 4.36. The third kappa shape index (κ3) is 3.17. The van der Waals surface area contributed by atoms with Gasteiger partial charge in [-0.1, -0.05) is 36.4 Å². The number of aromatic nitrogens is 1. The molecule has 2 aliphatic heterocycles. The van der Waals surface area contributed by atoms with E-state index in [1.807, 2.05) is 30.3 Å². The Morgan fingerprint density at radius 3 is 2.50 bits per heavy atom. The van der Waals surface area contributed by atoms with Crippen molar-refractivity contribution in [2.24, 2.45) is 0 Å². The number of pyridine rings is 1. The molecule has 136 valence electrons. The van der Waals surface area contributed by atoms with Crippen LogP contribution in [-0.2, 0) is 16.9 Å². The third-order valence-electron chi connectivity index (χ3n) is 5.37. The van der Waals surface area contributed by atoms with Gasteiger partial charge in [0.25, 0.3) is 0 Å². The first-order valence-corrected chi connectivity index (χ1v) is 8.90. The maximum Gasteiger partial charge on any atom is 0.410 e. The molecule has 1 aromatic heterocycles. The molecular formula is C20H21FN2O3. The number of ether oxygens (including phenoxy) is 1. The average Bonchev–Trinajstić information content (AvgIpc) is 2.93. The van der Waals surface area contributed by atoms with Gasteiger partial charge < -0.3 is 14.7 Å². The Morgan fingerprint density at radius 1 is 1.15 bits per heavy atom. The molecule has 2 saturated heterocycles. The van der Waals surface area contributed by atoms with E-state index in [1.54, 1.807) is 17.0 Å². The molecule has 0 spiro atoms. The summed E-state index contributed by atoms with van der Waals surface area (Å²) in [6.45, 7) is 0.228. The maximum atomic E-state index is 13.5. The Labute approximate surface area is 151 Å². The van der Waals surface area contributed by atoms with Crippen molar-refractivity contribution in [2.45, 2.75) is 50.0 Å². The van der Waals surface area contributed by atoms with Crippen molar-refractivity contribution in [3.05, 3.63) is 65.7 Å². The second-order valence-electron chi connectivity index (χ2n) is 7.12. The third-order valence-corrected chi connectivity index (χ3v) is 5.37. The quantitative estimate of drug-likeness (QED) is 0.857. The van der Waals surface area contributed by atoms with Crippen molar-refractivity contribution in [1.29, 1.82) is 0 Å². The van der Waals surface area contributed by atoms with E-state index in [2.05, 4.69) is 4.98 Å². The lowest BCUT2D eigenvalue weighted by atomic mass is 9.83. The van der Waals surface area contributed by atoms with Crippen LogP contribution in [0.1, 0.15) is 36.9 Å². The molecule has 2 aromatic rings. The Balaban J connectivity index is 1.46. The minimum atomic E-state index is -1.20. The predicted molar refractivity (Wildman–Crippen MR) is 92.6 cm³/mol. The summed E-state index contributed by atoms with van der Waals surface area (Å²) < 4.78 is 18.9. The van der Waals surface area contributed by atoms with Crippen LogP contribution in [0.25, 0.3) is 0 Å². The standard InChI is InChI=1S/C20H21FN2O3/c21-18-8-4-7-17(22-18)20(25)11-15-9-10-16(12-20)23(15)19(24)26-13-14-5-2-1-3-6-14/h1-8,15-16,25H,9-13H2. The van der Waals surface area contributed by atoms with Gasteiger partial charge in [-0.25, -0.2) is 9.78 Å². The van der Waals surface area contributed by atoms with Gasteiger partial charge in [0.2, 0.25) is 5.95 Å². The number of nitrogens with zero attached hydrogens (tertiary/aromatic N) is 2. The van der Waals surface area contributed by atoms with Gasteiger partial charge in [-0.15, -0.1) is 0 Å². The van der Waals surface area contributed by atoms with Crippen molar-refractivity contribution < 1.29 is 19.0 Å². The number of amides is 1. The molecule has 0 aliphatic carbocycles. The lowest BCUT2D eigenvalue weighted by molar-refractivity contribution is -0.0568. The van der Waals surface area contributed by atoms with Crippen molar-refractivity contribution in [2.75, 3.05) is 0 Å². The van der Waals surface area contributed by atoms with Gasteiger partial charge in [-0.05, 0) is 30.5 Å². The number of benzene rings is 1. The number of piperidine rings is 1. The molecule has 5 nitrogen and oxygen atoms in total. The fourth-order valence-corrected chi connectivity index (χ4v) is 4.19. The first-order chi connectivity index (χ1) is 12.5. The Morgan fingerprint density at radius 2 is 1.85 bits per heavy atom. The number of carbonyl (C=O) groups excluding carboxylic acids is 1. The predicted octanol–water partition coefficient (Wildman–Crippen LogP) is 3.37. The van der Waals surface area contributed by atoms with Crippen molar-refractivity contribution >= 4 is 6.09 Å². The summed E-state index contributed by atoms with van der Waals surface area (Å²) >= 11 is 0. The highest BCUT2D eigenvalue weighted by molar-refractivity contribution is 5.69. The fourth-order valence-electron chi connectivity index (χ4n) is 4.19. The Hall–Kier alpha value is -2.47. The molecule has 1 N–H and O–H groups in total. The normalized spacial score (nSPS) is 27.4. The molecule has 1 aromatic carbocycles. The van der Waals surface area contributed by atoms with Gasteiger partial charge >= 0.3 is 6.09 Å². The zero-order valence-electron chi connectivity index (χ0n) is 14.3. The van der Waals surface area contributed by atoms with E-state index in [1.165, 1.54) is 6.07 Å². The number of fused-ring (bicyclic) bond motifs is 2. The molecule has 0 radical (unpaired) electrons. The zero-order valence-corrected chi connectivity index (χ0v) is 14.3. The molecule has 2 aliphatic rings. The number of rotatable bonds is 3. The topological polar surface area (TPSA) is 62.7 Å². The van der Waals surface area contributed by atoms with Crippen molar-refractivity contribution in [3.63, 3.8) is 0 Å². The van der Waals surface area contributed by atoms with Crippen LogP contribution in [0.15, 0.2) is 48.5 Å². The average molecular weight is 356 g/mol. The van der Waals surface area contributed by atoms with Crippen LogP contribution >= 0.6 is 0 Å². The van der Waals surface area contributed by atoms with Crippen LogP contribution < -0.4 is 0 Å². The van der Waals surface area contributed by atoms with E-state index in [0.717, 1.165) is 18.4 Å². The molecule has 0 saturated carbocycles. The fraction of sp³-hybridized carbons (Fsp3) is 0.400. The van der Waals surface area contributed by atoms with Gasteiger partial charge in [0.05, 0.1) is 5.69 Å². The molecule has 6 heteroatoms. The van der Waals surface area contributed by atoms with Gasteiger partial charge in [0.15, 0.2) is 0 Å². The highest BCUT2D eigenvalue weighted by Crippen LogP contribution is 2.45. The summed E-state index contributed by atoms with van der Waals surface area (Å²) in [5.74, 6) is -0.604. The smallest absolute Gasteiger partial charge is 0.410 e. The molecule has 26 heavy (non-hydrogen) atoms. The van der Waals surface area contributed by atoms with Crippen molar-refractivity contribution in [3.8, 4) is 0 Å². The molecule has 1 amide bonds. The molecule has 3 heterocycles. The lowest BCUT2D eigenvalue weighted by Crippen LogP contribution is -2.52. The summed E-state index contributed by atoms with van der Waals surface area (Å²) in [6, 6.07) is 13.8. The lowest BCUT2D eigenvalue weighted by Gasteiger charge is -2.42. The van der Waals surface area contributed by atoms with E-state index in [9.17, 15) is 14.3 Å². The molecule has 2 atom stereocenters. The molecule has 2 bridgehead atoms. The van der Waals surface area contributed by atoms with Crippen LogP contribution in [0.3, 0.4) is 0 Å². The number of aliphatic hydroxyl groups is 1. The SMILES string of the molecule is O=C(OCc1ccccc1)N1C2CCC1CC(O)(c1cccc(F)n1)C2. The highest BCUT2D eigenvalue weighted by Gasteiger charge is 2.51. The largest absolute Gasteiger partial charge is 0.445 e. The second-order valence-corrected chi connectivity index (χ2v) is 7.12. The van der Waals surface area contributed by atoms with E-state index in [-0.39, 0.29) is 24.8 Å². The molecule has 2 unspecified atom stereocenters. The van der Waals surface area contributed by atoms with E-state index in [0.29, 0.717) is 18.5 Å². The summed E-state index contributed by atoms with van der Waals surface area (Å²) in [5.41, 5.74) is 0.0711. The first-order valence-electron chi connectivity index (χ1n) is 8.90. The van der Waals surface area contributed by atoms with E-state index >= 15 is 0 Å². The number of halogens is 1. The Bertz CT molecular complexity index is 785. The van der Waals surface area contributed by atoms with Crippen LogP contribution in [0.4, 0.5) is 9.18 Å². The number of hydrogen-bond acceptors (Lipinski definition) is 4. The number of carbonyl (C=O) groups is 1. The highest BCUT2D eigenvalue weighted by atomic mass is 19.1. The van der Waals surface area contributed by atoms with Crippen LogP contribution in [0, 0.1) is 5.95 Å². The van der Waals surface area contributed by atoms with Crippen LogP contribution in [-0.4, -0.2) is 33.2 Å². The van der Waals surface area contributed by atoms with Crippen molar-refractivity contribution in [1.82, 2.24) is 9.88 Å². The molecule has 4 rings (SSSR count). The maximum absolute atomic E-state index is 13.5. The summed E-state index contributed by atoms with van der Waals surface area (Å²) in [7, 11) is 0. The minimum absolute atomic E-state index is 0.118. The van der Waals surface area contributed by atoms with E-state index in [4.69, 9.17) is 4.74 Å².